The molecule has 0 aliphatic carbocycles. The molecule has 5 aromatic rings. The van der Waals surface area contributed by atoms with E-state index in [1.165, 1.54) is 21.6 Å². The zero-order valence-corrected chi connectivity index (χ0v) is 22.6. The molecule has 0 bridgehead atoms. The van der Waals surface area contributed by atoms with Crippen molar-refractivity contribution in [3.05, 3.63) is 80.5 Å². The van der Waals surface area contributed by atoms with Gasteiger partial charge < -0.3 is 5.32 Å². The number of benzene rings is 2. The summed E-state index contributed by atoms with van der Waals surface area (Å²) in [6.07, 6.45) is 3.35. The Hall–Kier alpha value is -3.75. The van der Waals surface area contributed by atoms with E-state index in [1.54, 1.807) is 17.8 Å². The van der Waals surface area contributed by atoms with Crippen molar-refractivity contribution in [3.8, 4) is 0 Å². The van der Waals surface area contributed by atoms with Crippen LogP contribution in [-0.4, -0.2) is 38.7 Å². The largest absolute Gasteiger partial charge is 0.355 e. The van der Waals surface area contributed by atoms with E-state index in [0.29, 0.717) is 27.7 Å². The Bertz CT molecular complexity index is 1790. The van der Waals surface area contributed by atoms with Crippen LogP contribution in [0.2, 0.25) is 0 Å². The summed E-state index contributed by atoms with van der Waals surface area (Å²) in [5.74, 6) is -0.101. The lowest BCUT2D eigenvalue weighted by atomic mass is 10.1. The smallest absolute Gasteiger partial charge is 0.325 e. The van der Waals surface area contributed by atoms with Crippen molar-refractivity contribution in [1.82, 2.24) is 38.7 Å². The highest BCUT2D eigenvalue weighted by Gasteiger charge is 2.18. The van der Waals surface area contributed by atoms with Crippen molar-refractivity contribution in [2.24, 2.45) is 14.1 Å². The van der Waals surface area contributed by atoms with E-state index in [1.807, 2.05) is 32.3 Å². The molecule has 0 radical (unpaired) electrons. The van der Waals surface area contributed by atoms with E-state index < -0.39 is 17.2 Å². The lowest BCUT2D eigenvalue weighted by Crippen LogP contribution is -2.43. The minimum atomic E-state index is -0.756. The van der Waals surface area contributed by atoms with Gasteiger partial charge in [-0.1, -0.05) is 0 Å². The fourth-order valence-corrected chi connectivity index (χ4v) is 4.82. The molecule has 0 fully saturated rings. The van der Waals surface area contributed by atoms with Gasteiger partial charge in [0.05, 0.1) is 18.6 Å². The second-order valence-corrected chi connectivity index (χ2v) is 9.98. The van der Waals surface area contributed by atoms with Crippen molar-refractivity contribution >= 4 is 51.6 Å². The van der Waals surface area contributed by atoms with Crippen molar-refractivity contribution in [1.29, 1.82) is 0 Å². The van der Waals surface area contributed by atoms with Crippen LogP contribution in [0.4, 0.5) is 16.0 Å². The quantitative estimate of drug-likeness (QED) is 0.316. The predicted molar refractivity (Wildman–Crippen MR) is 146 cm³/mol. The maximum atomic E-state index is 14.4. The molecule has 5 rings (SSSR count). The van der Waals surface area contributed by atoms with Crippen LogP contribution in [0.15, 0.2) is 46.4 Å². The van der Waals surface area contributed by atoms with Crippen LogP contribution in [-0.2, 0) is 27.2 Å². The van der Waals surface area contributed by atoms with Gasteiger partial charge >= 0.3 is 11.4 Å². The van der Waals surface area contributed by atoms with Crippen LogP contribution in [0.3, 0.4) is 0 Å². The van der Waals surface area contributed by atoms with Gasteiger partial charge in [-0.2, -0.15) is 15.2 Å². The van der Waals surface area contributed by atoms with Crippen LogP contribution in [0, 0.1) is 12.7 Å². The summed E-state index contributed by atoms with van der Waals surface area (Å²) >= 11 is 0. The van der Waals surface area contributed by atoms with Crippen molar-refractivity contribution < 1.29 is 4.39 Å². The Morgan fingerprint density at radius 2 is 1.76 bits per heavy atom. The first kappa shape index (κ1) is 24.9. The number of fused-ring (bicyclic) bond motifs is 1. The summed E-state index contributed by atoms with van der Waals surface area (Å²) in [5.41, 5.74) is 1.47. The standard InChI is InChI=1S/C23H24FN9O2P2/c1-12-4-17-13(8-30(2)28-17)6-16(12)26-21-27-22(34)33(10-20-25-11-31(3)29-20)23(35)32(21)9-14-5-15(24)19(37)7-18(14)36/h4-8,11H,9-10,36-37H2,1-3H3,(H,26,27,34). The van der Waals surface area contributed by atoms with E-state index in [-0.39, 0.29) is 19.0 Å². The van der Waals surface area contributed by atoms with Crippen LogP contribution in [0.25, 0.3) is 10.9 Å². The van der Waals surface area contributed by atoms with Gasteiger partial charge in [0.2, 0.25) is 5.95 Å². The van der Waals surface area contributed by atoms with E-state index >= 15 is 0 Å². The fourth-order valence-electron chi connectivity index (χ4n) is 4.01. The summed E-state index contributed by atoms with van der Waals surface area (Å²) in [5, 5.41) is 13.7. The molecule has 0 amide bonds. The van der Waals surface area contributed by atoms with Gasteiger partial charge in [-0.25, -0.2) is 23.5 Å². The molecule has 1 N–H and O–H groups in total. The topological polar surface area (TPSA) is 117 Å². The first-order valence-electron chi connectivity index (χ1n) is 11.2. The SMILES string of the molecule is Cc1cc2nn(C)cc2cc1Nc1nc(=O)n(Cc2ncn(C)n2)c(=O)n1Cc1cc(F)c(P)cc1P. The average molecular weight is 539 g/mol. The molecule has 0 spiro atoms. The van der Waals surface area contributed by atoms with Gasteiger partial charge in [0.25, 0.3) is 0 Å². The maximum Gasteiger partial charge on any atom is 0.355 e. The molecule has 0 aliphatic heterocycles. The zero-order chi connectivity index (χ0) is 26.4. The third-order valence-electron chi connectivity index (χ3n) is 5.90. The number of nitrogens with zero attached hydrogens (tertiary/aromatic N) is 8. The minimum Gasteiger partial charge on any atom is -0.325 e. The number of hydrogen-bond donors (Lipinski definition) is 1. The van der Waals surface area contributed by atoms with Gasteiger partial charge in [0, 0.05) is 36.7 Å². The van der Waals surface area contributed by atoms with E-state index in [0.717, 1.165) is 21.0 Å². The fraction of sp³-hybridized carbons (Fsp3) is 0.217. The Labute approximate surface area is 214 Å². The summed E-state index contributed by atoms with van der Waals surface area (Å²) < 4.78 is 19.9. The molecule has 3 aromatic heterocycles. The lowest BCUT2D eigenvalue weighted by molar-refractivity contribution is 0.572. The van der Waals surface area contributed by atoms with Crippen LogP contribution < -0.4 is 27.3 Å². The first-order chi connectivity index (χ1) is 17.6. The molecule has 11 nitrogen and oxygen atoms in total. The lowest BCUT2D eigenvalue weighted by Gasteiger charge is -2.17. The summed E-state index contributed by atoms with van der Waals surface area (Å²) in [6, 6.07) is 6.80. The Morgan fingerprint density at radius 1 is 0.973 bits per heavy atom. The second-order valence-electron chi connectivity index (χ2n) is 8.73. The molecular weight excluding hydrogens is 515 g/mol. The number of aryl methyl sites for hydroxylation is 3. The molecule has 0 saturated carbocycles. The molecule has 2 atom stereocenters. The third kappa shape index (κ3) is 4.95. The molecule has 2 aromatic carbocycles. The summed E-state index contributed by atoms with van der Waals surface area (Å²) in [7, 11) is 8.41. The Morgan fingerprint density at radius 3 is 2.49 bits per heavy atom. The molecule has 0 aliphatic rings. The summed E-state index contributed by atoms with van der Waals surface area (Å²) in [4.78, 5) is 34.9. The third-order valence-corrected chi connectivity index (χ3v) is 6.87. The number of hydrogen-bond acceptors (Lipinski definition) is 7. The van der Waals surface area contributed by atoms with Gasteiger partial charge in [-0.15, -0.1) is 18.5 Å². The molecular formula is C23H24FN9O2P2. The van der Waals surface area contributed by atoms with Crippen LogP contribution in [0.1, 0.15) is 17.0 Å². The van der Waals surface area contributed by atoms with Gasteiger partial charge in [-0.3, -0.25) is 13.9 Å². The molecule has 2 unspecified atom stereocenters. The summed E-state index contributed by atoms with van der Waals surface area (Å²) in [6.45, 7) is 1.71. The molecule has 190 valence electrons. The van der Waals surface area contributed by atoms with E-state index in [4.69, 9.17) is 0 Å². The average Bonchev–Trinajstić information content (AvgIpc) is 3.40. The number of anilines is 2. The normalized spacial score (nSPS) is 11.4. The number of nitrogens with one attached hydrogen (secondary N) is 1. The molecule has 3 heterocycles. The van der Waals surface area contributed by atoms with Gasteiger partial charge in [0.15, 0.2) is 5.82 Å². The molecule has 14 heteroatoms. The highest BCUT2D eigenvalue weighted by Crippen LogP contribution is 2.25. The number of rotatable bonds is 6. The Balaban J connectivity index is 1.64. The number of aromatic nitrogens is 8. The van der Waals surface area contributed by atoms with E-state index in [9.17, 15) is 14.0 Å². The highest BCUT2D eigenvalue weighted by molar-refractivity contribution is 7.29. The molecule has 37 heavy (non-hydrogen) atoms. The number of halogens is 1. The first-order valence-corrected chi connectivity index (χ1v) is 12.3. The second kappa shape index (κ2) is 9.61. The Kier molecular flexibility index (Phi) is 6.47. The van der Waals surface area contributed by atoms with Gasteiger partial charge in [-0.05, 0) is 47.6 Å². The van der Waals surface area contributed by atoms with Crippen LogP contribution in [0.5, 0.6) is 0 Å². The van der Waals surface area contributed by atoms with Crippen LogP contribution >= 0.6 is 18.5 Å². The highest BCUT2D eigenvalue weighted by atomic mass is 31.0. The monoisotopic (exact) mass is 539 g/mol. The van der Waals surface area contributed by atoms with Crippen molar-refractivity contribution in [2.45, 2.75) is 20.0 Å². The van der Waals surface area contributed by atoms with Gasteiger partial charge in [0.1, 0.15) is 12.1 Å². The molecule has 0 saturated heterocycles. The predicted octanol–water partition coefficient (Wildman–Crippen LogP) is 0.709. The van der Waals surface area contributed by atoms with Crippen molar-refractivity contribution in [3.63, 3.8) is 0 Å². The van der Waals surface area contributed by atoms with E-state index in [2.05, 4.69) is 44.0 Å². The zero-order valence-electron chi connectivity index (χ0n) is 20.3. The van der Waals surface area contributed by atoms with Crippen molar-refractivity contribution in [2.75, 3.05) is 5.32 Å². The minimum absolute atomic E-state index is 0.0288. The maximum absolute atomic E-state index is 14.4.